The zero-order valence-electron chi connectivity index (χ0n) is 31.3. The Kier molecular flexibility index (Phi) is 12.6. The van der Waals surface area contributed by atoms with E-state index in [9.17, 15) is 24.0 Å². The van der Waals surface area contributed by atoms with Crippen LogP contribution < -0.4 is 9.75 Å². The molecule has 0 bridgehead atoms. The molecule has 0 unspecified atom stereocenters. The molecule has 0 radical (unpaired) electrons. The molecule has 1 amide bonds. The van der Waals surface area contributed by atoms with Crippen LogP contribution in [0.1, 0.15) is 70.3 Å². The van der Waals surface area contributed by atoms with Gasteiger partial charge in [0, 0.05) is 17.4 Å². The summed E-state index contributed by atoms with van der Waals surface area (Å²) in [4.78, 5) is 65.7. The lowest BCUT2D eigenvalue weighted by atomic mass is 9.82. The number of hydrogen-bond acceptors (Lipinski definition) is 14. The smallest absolute Gasteiger partial charge is 0.330 e. The highest BCUT2D eigenvalue weighted by atomic mass is 32.2. The molecule has 13 nitrogen and oxygen atoms in total. The Bertz CT molecular complexity index is 1930. The van der Waals surface area contributed by atoms with Gasteiger partial charge in [0.05, 0.1) is 51.4 Å². The van der Waals surface area contributed by atoms with Crippen molar-refractivity contribution in [2.24, 2.45) is 22.9 Å². The van der Waals surface area contributed by atoms with Gasteiger partial charge in [-0.1, -0.05) is 54.4 Å². The molecule has 56 heavy (non-hydrogen) atoms. The SMILES string of the molecule is C=CC(=O)OCCCOC(=O)C1CCC(C(=O)OC2CCC(C(=O)Oc3ccc(C)c4c3S/C(=C3/C(=O)N(c5ccccc5)N=C3C3OC(C)O3)S4)CC2)CC1. The van der Waals surface area contributed by atoms with Gasteiger partial charge in [-0.3, -0.25) is 19.2 Å². The van der Waals surface area contributed by atoms with E-state index in [0.717, 1.165) is 21.4 Å². The first-order valence-electron chi connectivity index (χ1n) is 19.0. The summed E-state index contributed by atoms with van der Waals surface area (Å²) in [6.45, 7) is 7.40. The number of nitrogens with zero attached hydrogens (tertiary/aromatic N) is 2. The zero-order chi connectivity index (χ0) is 39.3. The van der Waals surface area contributed by atoms with Crippen molar-refractivity contribution in [1.29, 1.82) is 0 Å². The van der Waals surface area contributed by atoms with Crippen LogP contribution in [0.25, 0.3) is 0 Å². The fourth-order valence-electron chi connectivity index (χ4n) is 7.28. The zero-order valence-corrected chi connectivity index (χ0v) is 32.9. The monoisotopic (exact) mass is 804 g/mol. The maximum atomic E-state index is 13.9. The van der Waals surface area contributed by atoms with E-state index in [4.69, 9.17) is 28.4 Å². The van der Waals surface area contributed by atoms with E-state index >= 15 is 0 Å². The molecule has 2 saturated carbocycles. The van der Waals surface area contributed by atoms with Gasteiger partial charge in [-0.25, -0.2) is 4.79 Å². The Morgan fingerprint density at radius 1 is 0.839 bits per heavy atom. The molecule has 3 fully saturated rings. The Labute approximate surface area is 333 Å². The van der Waals surface area contributed by atoms with Crippen LogP contribution in [-0.2, 0) is 47.7 Å². The van der Waals surface area contributed by atoms with Gasteiger partial charge in [-0.15, -0.1) is 0 Å². The Balaban J connectivity index is 0.901. The summed E-state index contributed by atoms with van der Waals surface area (Å²) in [5.74, 6) is -2.17. The van der Waals surface area contributed by atoms with E-state index in [-0.39, 0.29) is 60.9 Å². The van der Waals surface area contributed by atoms with Crippen molar-refractivity contribution < 1.29 is 52.4 Å². The van der Waals surface area contributed by atoms with Crippen molar-refractivity contribution in [2.75, 3.05) is 18.2 Å². The van der Waals surface area contributed by atoms with Gasteiger partial charge in [0.1, 0.15) is 17.6 Å². The van der Waals surface area contributed by atoms with Crippen LogP contribution in [0.2, 0.25) is 0 Å². The molecule has 2 aromatic rings. The summed E-state index contributed by atoms with van der Waals surface area (Å²) in [6, 6.07) is 12.9. The number of hydrazone groups is 1. The minimum atomic E-state index is -0.769. The Morgan fingerprint density at radius 2 is 1.46 bits per heavy atom. The molecule has 3 aliphatic heterocycles. The summed E-state index contributed by atoms with van der Waals surface area (Å²) in [7, 11) is 0. The van der Waals surface area contributed by atoms with E-state index in [0.29, 0.717) is 84.7 Å². The predicted molar refractivity (Wildman–Crippen MR) is 206 cm³/mol. The number of rotatable bonds is 12. The number of esters is 4. The average molecular weight is 805 g/mol. The van der Waals surface area contributed by atoms with Gasteiger partial charge in [0.2, 0.25) is 6.29 Å². The lowest BCUT2D eigenvalue weighted by Gasteiger charge is -2.33. The third-order valence-corrected chi connectivity index (χ3v) is 13.2. The molecule has 15 heteroatoms. The van der Waals surface area contributed by atoms with Gasteiger partial charge in [-0.05, 0) is 89.0 Å². The van der Waals surface area contributed by atoms with Crippen molar-refractivity contribution in [3.8, 4) is 5.75 Å². The van der Waals surface area contributed by atoms with Crippen LogP contribution in [-0.4, -0.2) is 67.4 Å². The maximum Gasteiger partial charge on any atom is 0.330 e. The van der Waals surface area contributed by atoms with Crippen LogP contribution in [0.3, 0.4) is 0 Å². The van der Waals surface area contributed by atoms with E-state index in [1.165, 1.54) is 28.5 Å². The number of amides is 1. The van der Waals surface area contributed by atoms with Crippen molar-refractivity contribution in [3.63, 3.8) is 0 Å². The quantitative estimate of drug-likeness (QED) is 0.0711. The maximum absolute atomic E-state index is 13.9. The van der Waals surface area contributed by atoms with Gasteiger partial charge < -0.3 is 28.4 Å². The summed E-state index contributed by atoms with van der Waals surface area (Å²) in [5.41, 5.74) is 2.41. The minimum absolute atomic E-state index is 0.149. The summed E-state index contributed by atoms with van der Waals surface area (Å²) < 4.78 is 34.4. The van der Waals surface area contributed by atoms with Crippen LogP contribution in [0.4, 0.5) is 5.69 Å². The Morgan fingerprint density at radius 3 is 2.14 bits per heavy atom. The van der Waals surface area contributed by atoms with Crippen LogP contribution in [0.5, 0.6) is 5.75 Å². The van der Waals surface area contributed by atoms with Gasteiger partial charge in [0.15, 0.2) is 6.29 Å². The highest BCUT2D eigenvalue weighted by Crippen LogP contribution is 2.58. The molecule has 0 spiro atoms. The van der Waals surface area contributed by atoms with Gasteiger partial charge in [-0.2, -0.15) is 10.1 Å². The summed E-state index contributed by atoms with van der Waals surface area (Å²) in [6.07, 6.45) is 4.35. The second kappa shape index (κ2) is 17.8. The number of carbonyl (C=O) groups is 5. The second-order valence-electron chi connectivity index (χ2n) is 14.3. The van der Waals surface area contributed by atoms with Crippen molar-refractivity contribution in [3.05, 3.63) is 70.5 Å². The van der Waals surface area contributed by atoms with Gasteiger partial charge >= 0.3 is 23.9 Å². The molecule has 0 aromatic heterocycles. The predicted octanol–water partition coefficient (Wildman–Crippen LogP) is 7.00. The fraction of sp³-hybridized carbons (Fsp3) is 0.463. The summed E-state index contributed by atoms with van der Waals surface area (Å²) in [5, 5.41) is 6.00. The first-order valence-corrected chi connectivity index (χ1v) is 20.6. The standard InChI is InChI=1S/C41H44N2O11S2/c1-4-31(44)49-21-8-22-50-37(46)25-12-14-26(15-13-25)38(47)53-29-18-16-27(17-19-29)39(48)54-30-20-11-23(2)34-35(30)56-41(55-34)32-33(40-51-24(3)52-40)42-43(36(32)45)28-9-6-5-7-10-28/h4-7,9-11,20,24-27,29,40H,1,8,12-19,21-22H2,2-3H3/b41-32+. The molecule has 2 aliphatic carbocycles. The highest BCUT2D eigenvalue weighted by Gasteiger charge is 2.45. The van der Waals surface area contributed by atoms with Crippen molar-refractivity contribution in [2.45, 2.75) is 100 Å². The number of anilines is 1. The molecular weight excluding hydrogens is 761 g/mol. The number of para-hydroxylation sites is 1. The molecule has 7 rings (SSSR count). The lowest BCUT2D eigenvalue weighted by molar-refractivity contribution is -0.344. The first kappa shape index (κ1) is 39.8. The number of fused-ring (bicyclic) bond motifs is 1. The molecular formula is C41H44N2O11S2. The number of ether oxygens (including phenoxy) is 6. The molecule has 2 aromatic carbocycles. The van der Waals surface area contributed by atoms with E-state index in [1.54, 1.807) is 13.0 Å². The normalized spacial score (nSPS) is 27.1. The number of thioether (sulfide) groups is 2. The largest absolute Gasteiger partial charge is 0.465 e. The van der Waals surface area contributed by atoms with Crippen LogP contribution >= 0.6 is 23.5 Å². The second-order valence-corrected chi connectivity index (χ2v) is 16.6. The van der Waals surface area contributed by atoms with Crippen molar-refractivity contribution in [1.82, 2.24) is 0 Å². The minimum Gasteiger partial charge on any atom is -0.465 e. The lowest BCUT2D eigenvalue weighted by Crippen LogP contribution is -2.44. The molecule has 296 valence electrons. The molecule has 5 aliphatic rings. The van der Waals surface area contributed by atoms with Crippen LogP contribution in [0, 0.1) is 24.7 Å². The third-order valence-electron chi connectivity index (χ3n) is 10.4. The van der Waals surface area contributed by atoms with Crippen molar-refractivity contribution >= 4 is 64.7 Å². The van der Waals surface area contributed by atoms with Crippen LogP contribution in [0.15, 0.2) is 79.8 Å². The van der Waals surface area contributed by atoms with E-state index in [2.05, 4.69) is 11.7 Å². The topological polar surface area (TPSA) is 156 Å². The van der Waals surface area contributed by atoms with E-state index in [1.807, 2.05) is 43.3 Å². The molecule has 0 N–H and O–H groups in total. The number of aryl methyl sites for hydroxylation is 1. The fourth-order valence-corrected chi connectivity index (χ4v) is 10.0. The Hall–Kier alpha value is -4.44. The summed E-state index contributed by atoms with van der Waals surface area (Å²) >= 11 is 2.82. The third kappa shape index (κ3) is 8.90. The van der Waals surface area contributed by atoms with Gasteiger partial charge in [0.25, 0.3) is 5.91 Å². The highest BCUT2D eigenvalue weighted by molar-refractivity contribution is 8.24. The van der Waals surface area contributed by atoms with E-state index < -0.39 is 18.5 Å². The average Bonchev–Trinajstić information content (AvgIpc) is 3.80. The first-order chi connectivity index (χ1) is 27.1. The number of carbonyl (C=O) groups excluding carboxylic acids is 5. The molecule has 0 atom stereocenters. The molecule has 3 heterocycles. The molecule has 1 saturated heterocycles. The number of benzene rings is 2. The number of hydrogen-bond donors (Lipinski definition) is 0.